The van der Waals surface area contributed by atoms with Crippen LogP contribution in [0.3, 0.4) is 0 Å². The number of carbonyl (C=O) groups excluding carboxylic acids is 2. The first-order valence-electron chi connectivity index (χ1n) is 17.6. The van der Waals surface area contributed by atoms with Gasteiger partial charge in [0.1, 0.15) is 5.82 Å². The standard InChI is InChI=1S/C27H32ClFN4O3.C11H13ClN2O3/c1-19-17-31(18-21-3-6-23(29)7-4-21)9-10-33(19)27(35)8-5-22-15-26(32-11-13-36-14-12-32)24(28)16-25(22)30-20(2)34;1-8-6-11(13-2-4-17-5-3-13)9(12)7-10(8)14(15)16/h3-8,15-16,19H,9-14,17-18H2,1-2H3,(H,30,34);6-7H,2-5H2,1H3/b8-5+;/t19-;/m1./s1. The molecule has 2 amide bonds. The molecule has 3 aromatic carbocycles. The molecule has 284 valence electrons. The van der Waals surface area contributed by atoms with E-state index in [-0.39, 0.29) is 29.4 Å². The zero-order chi connectivity index (χ0) is 38.1. The van der Waals surface area contributed by atoms with Crippen molar-refractivity contribution < 1.29 is 28.4 Å². The number of piperazine rings is 1. The van der Waals surface area contributed by atoms with Gasteiger partial charge in [0.25, 0.3) is 5.69 Å². The molecule has 3 aliphatic rings. The summed E-state index contributed by atoms with van der Waals surface area (Å²) >= 11 is 12.6. The van der Waals surface area contributed by atoms with E-state index in [9.17, 15) is 24.1 Å². The Bertz CT molecular complexity index is 1800. The normalized spacial score (nSPS) is 18.1. The summed E-state index contributed by atoms with van der Waals surface area (Å²) in [6.07, 6.45) is 3.30. The quantitative estimate of drug-likeness (QED) is 0.157. The summed E-state index contributed by atoms with van der Waals surface area (Å²) in [4.78, 5) is 43.6. The summed E-state index contributed by atoms with van der Waals surface area (Å²) < 4.78 is 23.9. The van der Waals surface area contributed by atoms with E-state index in [1.54, 1.807) is 43.3 Å². The van der Waals surface area contributed by atoms with E-state index in [2.05, 4.69) is 20.0 Å². The molecule has 3 aromatic rings. The molecule has 0 aromatic heterocycles. The molecule has 0 radical (unpaired) electrons. The van der Waals surface area contributed by atoms with Gasteiger partial charge in [0.15, 0.2) is 0 Å². The number of nitro benzene ring substituents is 1. The van der Waals surface area contributed by atoms with Gasteiger partial charge in [0, 0.05) is 94.3 Å². The molecule has 3 aliphatic heterocycles. The van der Waals surface area contributed by atoms with E-state index in [0.717, 1.165) is 62.8 Å². The second-order valence-electron chi connectivity index (χ2n) is 13.2. The second-order valence-corrected chi connectivity index (χ2v) is 14.0. The van der Waals surface area contributed by atoms with Crippen LogP contribution in [0.15, 0.2) is 54.6 Å². The lowest BCUT2D eigenvalue weighted by atomic mass is 10.1. The Hall–Kier alpha value is -4.27. The average molecular weight is 772 g/mol. The number of carbonyl (C=O) groups is 2. The molecule has 3 heterocycles. The number of amides is 2. The fraction of sp³-hybridized carbons (Fsp3) is 0.421. The number of benzene rings is 3. The summed E-state index contributed by atoms with van der Waals surface area (Å²) in [7, 11) is 0. The molecule has 3 saturated heterocycles. The van der Waals surface area contributed by atoms with Crippen LogP contribution < -0.4 is 15.1 Å². The molecule has 12 nitrogen and oxygen atoms in total. The average Bonchev–Trinajstić information content (AvgIpc) is 3.13. The van der Waals surface area contributed by atoms with Crippen molar-refractivity contribution in [3.63, 3.8) is 0 Å². The van der Waals surface area contributed by atoms with E-state index in [0.29, 0.717) is 59.8 Å². The zero-order valence-electron chi connectivity index (χ0n) is 30.2. The summed E-state index contributed by atoms with van der Waals surface area (Å²) in [6, 6.07) is 13.4. The first kappa shape index (κ1) is 39.9. The highest BCUT2D eigenvalue weighted by molar-refractivity contribution is 6.34. The number of rotatable bonds is 8. The summed E-state index contributed by atoms with van der Waals surface area (Å²) in [5.41, 5.74) is 4.71. The zero-order valence-corrected chi connectivity index (χ0v) is 31.7. The monoisotopic (exact) mass is 770 g/mol. The van der Waals surface area contributed by atoms with Crippen molar-refractivity contribution in [1.29, 1.82) is 0 Å². The van der Waals surface area contributed by atoms with Crippen LogP contribution in [-0.4, -0.2) is 105 Å². The van der Waals surface area contributed by atoms with Crippen LogP contribution in [0.25, 0.3) is 6.08 Å². The Morgan fingerprint density at radius 2 is 1.51 bits per heavy atom. The lowest BCUT2D eigenvalue weighted by Crippen LogP contribution is -2.53. The van der Waals surface area contributed by atoms with Crippen molar-refractivity contribution in [3.05, 3.63) is 97.3 Å². The molecule has 1 atom stereocenters. The number of morpholine rings is 2. The van der Waals surface area contributed by atoms with Crippen molar-refractivity contribution in [2.75, 3.05) is 87.4 Å². The van der Waals surface area contributed by atoms with Crippen LogP contribution in [0, 0.1) is 22.9 Å². The molecule has 15 heteroatoms. The molecular formula is C38H45Cl2FN6O6. The molecule has 0 bridgehead atoms. The Morgan fingerprint density at radius 3 is 2.08 bits per heavy atom. The third kappa shape index (κ3) is 10.9. The minimum Gasteiger partial charge on any atom is -0.378 e. The third-order valence-corrected chi connectivity index (χ3v) is 9.92. The fourth-order valence-corrected chi connectivity index (χ4v) is 7.13. The third-order valence-electron chi connectivity index (χ3n) is 9.31. The second kappa shape index (κ2) is 18.7. The van der Waals surface area contributed by atoms with Crippen LogP contribution in [0.1, 0.15) is 30.5 Å². The Labute approximate surface area is 319 Å². The molecule has 1 N–H and O–H groups in total. The maximum atomic E-state index is 13.2. The van der Waals surface area contributed by atoms with Crippen molar-refractivity contribution in [1.82, 2.24) is 9.80 Å². The minimum absolute atomic E-state index is 0.0280. The number of ether oxygens (including phenoxy) is 2. The maximum absolute atomic E-state index is 13.2. The van der Waals surface area contributed by atoms with Crippen molar-refractivity contribution in [3.8, 4) is 0 Å². The van der Waals surface area contributed by atoms with Crippen LogP contribution in [0.5, 0.6) is 0 Å². The maximum Gasteiger partial charge on any atom is 0.273 e. The predicted molar refractivity (Wildman–Crippen MR) is 207 cm³/mol. The topological polar surface area (TPSA) is 121 Å². The van der Waals surface area contributed by atoms with Crippen LogP contribution >= 0.6 is 23.2 Å². The van der Waals surface area contributed by atoms with Gasteiger partial charge in [0.2, 0.25) is 11.8 Å². The fourth-order valence-electron chi connectivity index (χ4n) is 6.57. The van der Waals surface area contributed by atoms with Crippen molar-refractivity contribution in [2.24, 2.45) is 0 Å². The molecule has 0 saturated carbocycles. The van der Waals surface area contributed by atoms with Gasteiger partial charge in [-0.1, -0.05) is 35.3 Å². The lowest BCUT2D eigenvalue weighted by molar-refractivity contribution is -0.385. The number of nitro groups is 1. The summed E-state index contributed by atoms with van der Waals surface area (Å²) in [5, 5.41) is 14.5. The summed E-state index contributed by atoms with van der Waals surface area (Å²) in [5.74, 6) is -0.536. The van der Waals surface area contributed by atoms with E-state index in [1.807, 2.05) is 17.9 Å². The van der Waals surface area contributed by atoms with Gasteiger partial charge in [-0.2, -0.15) is 0 Å². The van der Waals surface area contributed by atoms with E-state index in [4.69, 9.17) is 32.7 Å². The van der Waals surface area contributed by atoms with Gasteiger partial charge in [0.05, 0.1) is 52.8 Å². The van der Waals surface area contributed by atoms with Crippen molar-refractivity contribution in [2.45, 2.75) is 33.4 Å². The van der Waals surface area contributed by atoms with Crippen molar-refractivity contribution >= 4 is 63.8 Å². The highest BCUT2D eigenvalue weighted by Crippen LogP contribution is 2.35. The van der Waals surface area contributed by atoms with E-state index < -0.39 is 4.92 Å². The predicted octanol–water partition coefficient (Wildman–Crippen LogP) is 6.41. The summed E-state index contributed by atoms with van der Waals surface area (Å²) in [6.45, 7) is 13.5. The number of hydrogen-bond donors (Lipinski definition) is 1. The highest BCUT2D eigenvalue weighted by atomic mass is 35.5. The number of aryl methyl sites for hydroxylation is 1. The highest BCUT2D eigenvalue weighted by Gasteiger charge is 2.26. The molecule has 0 aliphatic carbocycles. The lowest BCUT2D eigenvalue weighted by Gasteiger charge is -2.39. The number of anilines is 3. The Balaban J connectivity index is 0.000000265. The van der Waals surface area contributed by atoms with Crippen LogP contribution in [0.4, 0.5) is 27.1 Å². The first-order chi connectivity index (χ1) is 25.4. The minimum atomic E-state index is -0.412. The van der Waals surface area contributed by atoms with Crippen LogP contribution in [0.2, 0.25) is 10.0 Å². The number of hydrogen-bond acceptors (Lipinski definition) is 9. The molecular weight excluding hydrogens is 726 g/mol. The molecule has 3 fully saturated rings. The molecule has 53 heavy (non-hydrogen) atoms. The van der Waals surface area contributed by atoms with Gasteiger partial charge >= 0.3 is 0 Å². The van der Waals surface area contributed by atoms with Gasteiger partial charge in [-0.05, 0) is 55.8 Å². The Morgan fingerprint density at radius 1 is 0.925 bits per heavy atom. The molecule has 0 unspecified atom stereocenters. The largest absolute Gasteiger partial charge is 0.378 e. The first-order valence-corrected chi connectivity index (χ1v) is 18.3. The molecule has 0 spiro atoms. The number of halogens is 3. The number of nitrogens with one attached hydrogen (secondary N) is 1. The smallest absolute Gasteiger partial charge is 0.273 e. The SMILES string of the molecule is CC(=O)Nc1cc(Cl)c(N2CCOCC2)cc1/C=C/C(=O)N1CCN(Cc2ccc(F)cc2)C[C@H]1C.Cc1cc(N2CCOCC2)c(Cl)cc1[N+](=O)[O-]. The van der Waals surface area contributed by atoms with Gasteiger partial charge in [-0.15, -0.1) is 0 Å². The van der Waals surface area contributed by atoms with Gasteiger partial charge in [-0.25, -0.2) is 4.39 Å². The Kier molecular flexibility index (Phi) is 14.1. The van der Waals surface area contributed by atoms with Gasteiger partial charge in [-0.3, -0.25) is 24.6 Å². The van der Waals surface area contributed by atoms with Gasteiger partial charge < -0.3 is 29.5 Å². The molecule has 6 rings (SSSR count). The van der Waals surface area contributed by atoms with E-state index >= 15 is 0 Å². The number of nitrogens with zero attached hydrogens (tertiary/aromatic N) is 5. The van der Waals surface area contributed by atoms with Crippen LogP contribution in [-0.2, 0) is 25.6 Å². The van der Waals surface area contributed by atoms with E-state index in [1.165, 1.54) is 25.1 Å².